The van der Waals surface area contributed by atoms with Gasteiger partial charge in [0, 0.05) is 20.6 Å². The molecular weight excluding hydrogens is 275 g/mol. The van der Waals surface area contributed by atoms with Crippen LogP contribution >= 0.6 is 22.9 Å². The van der Waals surface area contributed by atoms with E-state index in [1.54, 1.807) is 0 Å². The van der Waals surface area contributed by atoms with Crippen LogP contribution in [0.2, 0.25) is 0 Å². The van der Waals surface area contributed by atoms with Gasteiger partial charge in [0.1, 0.15) is 0 Å². The monoisotopic (exact) mass is 290 g/mol. The van der Waals surface area contributed by atoms with Gasteiger partial charge in [-0.2, -0.15) is 0 Å². The average Bonchev–Trinajstić information content (AvgIpc) is 2.16. The number of halogens is 1. The third-order valence-electron chi connectivity index (χ3n) is 2.10. The SMILES string of the molecule is CCN(C)c1ccccc1N(C)I. The van der Waals surface area contributed by atoms with Gasteiger partial charge >= 0.3 is 0 Å². The number of benzene rings is 1. The fraction of sp³-hybridized carbons (Fsp3) is 0.400. The highest BCUT2D eigenvalue weighted by atomic mass is 127. The second-order valence-corrected chi connectivity index (χ2v) is 4.43. The lowest BCUT2D eigenvalue weighted by Gasteiger charge is -2.23. The molecule has 0 unspecified atom stereocenters. The Kier molecular flexibility index (Phi) is 3.84. The Labute approximate surface area is 94.0 Å². The van der Waals surface area contributed by atoms with E-state index in [4.69, 9.17) is 0 Å². The Bertz CT molecular complexity index is 273. The first-order valence-corrected chi connectivity index (χ1v) is 5.33. The molecular formula is C10H15IN2. The van der Waals surface area contributed by atoms with Crippen LogP contribution in [0.15, 0.2) is 24.3 Å². The number of anilines is 2. The highest BCUT2D eigenvalue weighted by Crippen LogP contribution is 2.29. The number of para-hydroxylation sites is 2. The summed E-state index contributed by atoms with van der Waals surface area (Å²) in [5, 5.41) is 0. The Hall–Kier alpha value is -0.450. The van der Waals surface area contributed by atoms with Crippen molar-refractivity contribution in [1.82, 2.24) is 0 Å². The van der Waals surface area contributed by atoms with Crippen molar-refractivity contribution in [3.05, 3.63) is 24.3 Å². The van der Waals surface area contributed by atoms with Crippen LogP contribution in [-0.4, -0.2) is 20.6 Å². The number of rotatable bonds is 3. The largest absolute Gasteiger partial charge is 0.373 e. The molecule has 0 saturated heterocycles. The number of hydrogen-bond acceptors (Lipinski definition) is 2. The second-order valence-electron chi connectivity index (χ2n) is 2.98. The smallest absolute Gasteiger partial charge is 0.0688 e. The van der Waals surface area contributed by atoms with Gasteiger partial charge in [0.25, 0.3) is 0 Å². The molecule has 1 aromatic carbocycles. The van der Waals surface area contributed by atoms with Crippen molar-refractivity contribution in [2.24, 2.45) is 0 Å². The minimum absolute atomic E-state index is 1.03. The van der Waals surface area contributed by atoms with E-state index in [2.05, 4.69) is 76.2 Å². The fourth-order valence-corrected chi connectivity index (χ4v) is 1.63. The van der Waals surface area contributed by atoms with E-state index in [1.165, 1.54) is 11.4 Å². The molecule has 0 radical (unpaired) electrons. The summed E-state index contributed by atoms with van der Waals surface area (Å²) in [5.74, 6) is 0. The summed E-state index contributed by atoms with van der Waals surface area (Å²) in [6, 6.07) is 8.42. The molecule has 0 aliphatic carbocycles. The summed E-state index contributed by atoms with van der Waals surface area (Å²) >= 11 is 2.29. The molecule has 0 aliphatic rings. The molecule has 0 N–H and O–H groups in total. The Morgan fingerprint density at radius 3 is 2.15 bits per heavy atom. The maximum atomic E-state index is 2.29. The van der Waals surface area contributed by atoms with E-state index >= 15 is 0 Å². The van der Waals surface area contributed by atoms with Crippen LogP contribution in [-0.2, 0) is 0 Å². The Morgan fingerprint density at radius 1 is 1.15 bits per heavy atom. The molecule has 0 atom stereocenters. The zero-order valence-electron chi connectivity index (χ0n) is 8.29. The van der Waals surface area contributed by atoms with Crippen LogP contribution < -0.4 is 8.01 Å². The van der Waals surface area contributed by atoms with Crippen LogP contribution in [0, 0.1) is 0 Å². The average molecular weight is 290 g/mol. The molecule has 1 rings (SSSR count). The van der Waals surface area contributed by atoms with Crippen molar-refractivity contribution in [3.8, 4) is 0 Å². The van der Waals surface area contributed by atoms with Crippen LogP contribution in [0.1, 0.15) is 6.92 Å². The van der Waals surface area contributed by atoms with Crippen molar-refractivity contribution in [3.63, 3.8) is 0 Å². The highest BCUT2D eigenvalue weighted by molar-refractivity contribution is 14.1. The van der Waals surface area contributed by atoms with Gasteiger partial charge in [-0.1, -0.05) is 12.1 Å². The lowest BCUT2D eigenvalue weighted by atomic mass is 10.2. The first-order chi connectivity index (χ1) is 6.16. The molecule has 13 heavy (non-hydrogen) atoms. The zero-order valence-corrected chi connectivity index (χ0v) is 10.4. The summed E-state index contributed by atoms with van der Waals surface area (Å²) in [5.41, 5.74) is 2.54. The quantitative estimate of drug-likeness (QED) is 0.624. The van der Waals surface area contributed by atoms with Crippen LogP contribution in [0.5, 0.6) is 0 Å². The molecule has 72 valence electrons. The first kappa shape index (κ1) is 10.6. The van der Waals surface area contributed by atoms with Gasteiger partial charge in [-0.25, -0.2) is 0 Å². The molecule has 0 amide bonds. The van der Waals surface area contributed by atoms with Gasteiger partial charge in [-0.3, -0.25) is 0 Å². The van der Waals surface area contributed by atoms with E-state index in [-0.39, 0.29) is 0 Å². The molecule has 0 saturated carbocycles. The Morgan fingerprint density at radius 2 is 1.69 bits per heavy atom. The van der Waals surface area contributed by atoms with Crippen molar-refractivity contribution < 1.29 is 0 Å². The van der Waals surface area contributed by atoms with E-state index in [0.29, 0.717) is 0 Å². The molecule has 0 fully saturated rings. The maximum absolute atomic E-state index is 2.29. The van der Waals surface area contributed by atoms with E-state index in [1.807, 2.05) is 0 Å². The first-order valence-electron chi connectivity index (χ1n) is 4.36. The summed E-state index contributed by atoms with van der Waals surface area (Å²) in [6.45, 7) is 3.19. The van der Waals surface area contributed by atoms with Crippen LogP contribution in [0.3, 0.4) is 0 Å². The molecule has 2 nitrogen and oxygen atoms in total. The molecule has 1 aromatic rings. The van der Waals surface area contributed by atoms with Gasteiger partial charge in [0.2, 0.25) is 0 Å². The van der Waals surface area contributed by atoms with Crippen molar-refractivity contribution >= 4 is 34.2 Å². The molecule has 0 heterocycles. The van der Waals surface area contributed by atoms with Gasteiger partial charge in [0.15, 0.2) is 0 Å². The molecule has 0 bridgehead atoms. The standard InChI is InChI=1S/C10H15IN2/c1-4-12(2)9-7-5-6-8-10(9)13(3)11/h5-8H,4H2,1-3H3. The normalized spacial score (nSPS) is 9.85. The summed E-state index contributed by atoms with van der Waals surface area (Å²) < 4.78 is 2.11. The third-order valence-corrected chi connectivity index (χ3v) is 2.62. The highest BCUT2D eigenvalue weighted by Gasteiger charge is 2.06. The summed E-state index contributed by atoms with van der Waals surface area (Å²) in [6.07, 6.45) is 0. The third kappa shape index (κ3) is 2.49. The molecule has 0 aliphatic heterocycles. The molecule has 0 spiro atoms. The summed E-state index contributed by atoms with van der Waals surface area (Å²) in [4.78, 5) is 2.24. The lowest BCUT2D eigenvalue weighted by molar-refractivity contribution is 0.967. The molecule has 0 aromatic heterocycles. The van der Waals surface area contributed by atoms with Gasteiger partial charge in [-0.05, 0) is 19.1 Å². The second kappa shape index (κ2) is 4.69. The van der Waals surface area contributed by atoms with Crippen LogP contribution in [0.4, 0.5) is 11.4 Å². The van der Waals surface area contributed by atoms with Crippen molar-refractivity contribution in [2.75, 3.05) is 28.7 Å². The maximum Gasteiger partial charge on any atom is 0.0688 e. The molecule has 3 heteroatoms. The minimum atomic E-state index is 1.03. The van der Waals surface area contributed by atoms with E-state index in [0.717, 1.165) is 6.54 Å². The van der Waals surface area contributed by atoms with Crippen LogP contribution in [0.25, 0.3) is 0 Å². The summed E-state index contributed by atoms with van der Waals surface area (Å²) in [7, 11) is 4.17. The topological polar surface area (TPSA) is 6.48 Å². The van der Waals surface area contributed by atoms with E-state index < -0.39 is 0 Å². The Balaban J connectivity index is 3.04. The predicted octanol–water partition coefficient (Wildman–Crippen LogP) is 2.93. The predicted molar refractivity (Wildman–Crippen MR) is 67.8 cm³/mol. The number of nitrogens with zero attached hydrogens (tertiary/aromatic N) is 2. The van der Waals surface area contributed by atoms with Crippen molar-refractivity contribution in [1.29, 1.82) is 0 Å². The lowest BCUT2D eigenvalue weighted by Crippen LogP contribution is -2.18. The zero-order chi connectivity index (χ0) is 9.84. The van der Waals surface area contributed by atoms with Gasteiger partial charge < -0.3 is 8.01 Å². The minimum Gasteiger partial charge on any atom is -0.373 e. The van der Waals surface area contributed by atoms with Crippen molar-refractivity contribution in [2.45, 2.75) is 6.92 Å². The van der Waals surface area contributed by atoms with Gasteiger partial charge in [-0.15, -0.1) is 0 Å². The van der Waals surface area contributed by atoms with Gasteiger partial charge in [0.05, 0.1) is 34.2 Å². The van der Waals surface area contributed by atoms with E-state index in [9.17, 15) is 0 Å². The number of hydrogen-bond donors (Lipinski definition) is 0. The fourth-order valence-electron chi connectivity index (χ4n) is 1.22.